The van der Waals surface area contributed by atoms with Crippen LogP contribution in [0.5, 0.6) is 0 Å². The SMILES string of the molecule is Cc1ccc(C)c(S(=O)(=O)N2CC[NH+](C[C@H]3C[NH+](CC(C)C)CCO3)CC2)c1. The van der Waals surface area contributed by atoms with Crippen molar-refractivity contribution in [3.8, 4) is 0 Å². The van der Waals surface area contributed by atoms with Crippen LogP contribution in [0.2, 0.25) is 0 Å². The van der Waals surface area contributed by atoms with E-state index in [2.05, 4.69) is 13.8 Å². The lowest BCUT2D eigenvalue weighted by atomic mass is 10.1. The summed E-state index contributed by atoms with van der Waals surface area (Å²) in [7, 11) is -3.41. The lowest BCUT2D eigenvalue weighted by Gasteiger charge is -2.36. The first-order chi connectivity index (χ1) is 13.3. The number of aryl methyl sites for hydroxylation is 2. The van der Waals surface area contributed by atoms with E-state index in [1.54, 1.807) is 15.3 Å². The van der Waals surface area contributed by atoms with E-state index in [9.17, 15) is 8.42 Å². The molecule has 7 heteroatoms. The molecule has 3 rings (SSSR count). The second-order valence-corrected chi connectivity index (χ2v) is 10.8. The normalized spacial score (nSPS) is 25.3. The van der Waals surface area contributed by atoms with Crippen LogP contribution < -0.4 is 9.80 Å². The Bertz CT molecular complexity index is 758. The number of nitrogens with zero attached hydrogens (tertiary/aromatic N) is 1. The van der Waals surface area contributed by atoms with Gasteiger partial charge in [-0.2, -0.15) is 4.31 Å². The minimum Gasteiger partial charge on any atom is -0.361 e. The highest BCUT2D eigenvalue weighted by atomic mass is 32.2. The molecule has 2 aliphatic rings. The molecule has 0 spiro atoms. The molecule has 2 heterocycles. The van der Waals surface area contributed by atoms with Gasteiger partial charge < -0.3 is 14.5 Å². The van der Waals surface area contributed by atoms with Gasteiger partial charge in [-0.05, 0) is 31.0 Å². The van der Waals surface area contributed by atoms with Crippen molar-refractivity contribution >= 4 is 10.0 Å². The van der Waals surface area contributed by atoms with Crippen LogP contribution in [0, 0.1) is 19.8 Å². The van der Waals surface area contributed by atoms with Crippen molar-refractivity contribution in [2.24, 2.45) is 5.92 Å². The molecule has 0 aliphatic carbocycles. The third-order valence-corrected chi connectivity index (χ3v) is 7.97. The minimum absolute atomic E-state index is 0.291. The zero-order valence-corrected chi connectivity index (χ0v) is 18.6. The number of piperazine rings is 1. The van der Waals surface area contributed by atoms with Gasteiger partial charge in [0.2, 0.25) is 10.0 Å². The van der Waals surface area contributed by atoms with Crippen LogP contribution >= 0.6 is 0 Å². The second-order valence-electron chi connectivity index (χ2n) is 8.92. The molecule has 0 amide bonds. The van der Waals surface area contributed by atoms with Gasteiger partial charge in [0, 0.05) is 5.92 Å². The Morgan fingerprint density at radius 2 is 1.86 bits per heavy atom. The van der Waals surface area contributed by atoms with Crippen LogP contribution in [-0.2, 0) is 14.8 Å². The second kappa shape index (κ2) is 9.22. The lowest BCUT2D eigenvalue weighted by molar-refractivity contribution is -0.935. The fourth-order valence-corrected chi connectivity index (χ4v) is 6.19. The highest BCUT2D eigenvalue weighted by molar-refractivity contribution is 7.89. The van der Waals surface area contributed by atoms with Crippen molar-refractivity contribution in [1.29, 1.82) is 0 Å². The molecule has 1 aromatic rings. The van der Waals surface area contributed by atoms with Crippen molar-refractivity contribution in [3.63, 3.8) is 0 Å². The fraction of sp³-hybridized carbons (Fsp3) is 0.714. The molecule has 2 aliphatic heterocycles. The average molecular weight is 412 g/mol. The van der Waals surface area contributed by atoms with Crippen LogP contribution in [0.1, 0.15) is 25.0 Å². The van der Waals surface area contributed by atoms with Crippen LogP contribution in [-0.4, -0.2) is 77.8 Å². The summed E-state index contributed by atoms with van der Waals surface area (Å²) < 4.78 is 33.9. The van der Waals surface area contributed by atoms with Crippen molar-refractivity contribution in [2.75, 3.05) is 59.0 Å². The smallest absolute Gasteiger partial charge is 0.243 e. The summed E-state index contributed by atoms with van der Waals surface area (Å²) in [6, 6.07) is 5.66. The van der Waals surface area contributed by atoms with Gasteiger partial charge in [-0.15, -0.1) is 0 Å². The van der Waals surface area contributed by atoms with Gasteiger partial charge in [0.15, 0.2) is 6.10 Å². The van der Waals surface area contributed by atoms with Crippen molar-refractivity contribution < 1.29 is 23.0 Å². The largest absolute Gasteiger partial charge is 0.361 e. The van der Waals surface area contributed by atoms with Gasteiger partial charge in [0.25, 0.3) is 0 Å². The Morgan fingerprint density at radius 3 is 2.54 bits per heavy atom. The topological polar surface area (TPSA) is 55.5 Å². The molecule has 158 valence electrons. The van der Waals surface area contributed by atoms with E-state index < -0.39 is 10.0 Å². The number of hydrogen-bond acceptors (Lipinski definition) is 3. The summed E-state index contributed by atoms with van der Waals surface area (Å²) in [5.74, 6) is 0.708. The molecule has 1 unspecified atom stereocenters. The predicted octanol–water partition coefficient (Wildman–Crippen LogP) is -0.868. The number of quaternary nitrogens is 2. The molecule has 0 aromatic heterocycles. The molecule has 1 aromatic carbocycles. The van der Waals surface area contributed by atoms with Crippen LogP contribution in [0.3, 0.4) is 0 Å². The molecule has 28 heavy (non-hydrogen) atoms. The molecule has 2 fully saturated rings. The predicted molar refractivity (Wildman–Crippen MR) is 110 cm³/mol. The quantitative estimate of drug-likeness (QED) is 0.640. The number of morpholine rings is 1. The Labute approximate surface area is 170 Å². The Kier molecular flexibility index (Phi) is 7.15. The minimum atomic E-state index is -3.41. The molecule has 0 bridgehead atoms. The number of ether oxygens (including phenoxy) is 1. The average Bonchev–Trinajstić information content (AvgIpc) is 2.64. The van der Waals surface area contributed by atoms with Gasteiger partial charge in [-0.1, -0.05) is 26.0 Å². The third-order valence-electron chi connectivity index (χ3n) is 5.93. The molecule has 0 saturated carbocycles. The van der Waals surface area contributed by atoms with E-state index in [1.165, 1.54) is 11.4 Å². The van der Waals surface area contributed by atoms with E-state index in [4.69, 9.17) is 4.74 Å². The maximum Gasteiger partial charge on any atom is 0.243 e. The number of hydrogen-bond donors (Lipinski definition) is 2. The van der Waals surface area contributed by atoms with E-state index in [0.717, 1.165) is 50.5 Å². The van der Waals surface area contributed by atoms with Crippen LogP contribution in [0.25, 0.3) is 0 Å². The molecule has 0 radical (unpaired) electrons. The number of nitrogens with one attached hydrogen (secondary N) is 2. The summed E-state index contributed by atoms with van der Waals surface area (Å²) in [5.41, 5.74) is 1.81. The standard InChI is InChI=1S/C21H35N3O3S/c1-17(2)14-23-11-12-27-20(16-23)15-22-7-9-24(10-8-22)28(25,26)21-13-18(3)5-6-19(21)4/h5-6,13,17,20H,7-12,14-16H2,1-4H3/p+2/t20-/m0/s1. The molecular weight excluding hydrogens is 374 g/mol. The first kappa shape index (κ1) is 21.7. The molecule has 2 N–H and O–H groups in total. The van der Waals surface area contributed by atoms with E-state index in [1.807, 2.05) is 26.0 Å². The van der Waals surface area contributed by atoms with Gasteiger partial charge in [-0.25, -0.2) is 8.42 Å². The molecular formula is C21H37N3O3S+2. The molecule has 6 nitrogen and oxygen atoms in total. The zero-order valence-electron chi connectivity index (χ0n) is 17.8. The first-order valence-electron chi connectivity index (χ1n) is 10.6. The van der Waals surface area contributed by atoms with Crippen molar-refractivity contribution in [3.05, 3.63) is 29.3 Å². The summed E-state index contributed by atoms with van der Waals surface area (Å²) in [4.78, 5) is 3.56. The summed E-state index contributed by atoms with van der Waals surface area (Å²) in [6.45, 7) is 16.4. The monoisotopic (exact) mass is 411 g/mol. The Morgan fingerprint density at radius 1 is 1.14 bits per heavy atom. The first-order valence-corrected chi connectivity index (χ1v) is 12.1. The maximum absolute atomic E-state index is 13.1. The van der Waals surface area contributed by atoms with Gasteiger partial charge >= 0.3 is 0 Å². The summed E-state index contributed by atoms with van der Waals surface area (Å²) in [6.07, 6.45) is 0.291. The van der Waals surface area contributed by atoms with Crippen molar-refractivity contribution in [2.45, 2.75) is 38.7 Å². The highest BCUT2D eigenvalue weighted by Crippen LogP contribution is 2.21. The zero-order chi connectivity index (χ0) is 20.3. The molecule has 2 saturated heterocycles. The third kappa shape index (κ3) is 5.33. The van der Waals surface area contributed by atoms with Gasteiger partial charge in [-0.3, -0.25) is 0 Å². The highest BCUT2D eigenvalue weighted by Gasteiger charge is 2.34. The molecule has 2 atom stereocenters. The number of benzene rings is 1. The van der Waals surface area contributed by atoms with Gasteiger partial charge in [0.05, 0.1) is 44.2 Å². The Hall–Kier alpha value is -0.990. The van der Waals surface area contributed by atoms with Crippen LogP contribution in [0.4, 0.5) is 0 Å². The van der Waals surface area contributed by atoms with Crippen molar-refractivity contribution in [1.82, 2.24) is 4.31 Å². The maximum atomic E-state index is 13.1. The summed E-state index contributed by atoms with van der Waals surface area (Å²) in [5, 5.41) is 0. The number of rotatable bonds is 6. The summed E-state index contributed by atoms with van der Waals surface area (Å²) >= 11 is 0. The van der Waals surface area contributed by atoms with E-state index >= 15 is 0 Å². The van der Waals surface area contributed by atoms with Crippen LogP contribution in [0.15, 0.2) is 23.1 Å². The Balaban J connectivity index is 1.55. The van der Waals surface area contributed by atoms with E-state index in [-0.39, 0.29) is 0 Å². The number of sulfonamides is 1. The van der Waals surface area contributed by atoms with E-state index in [0.29, 0.717) is 30.0 Å². The van der Waals surface area contributed by atoms with Gasteiger partial charge in [0.1, 0.15) is 19.6 Å². The fourth-order valence-electron chi connectivity index (χ4n) is 4.44. The lowest BCUT2D eigenvalue weighted by Crippen LogP contribution is -3.19.